The summed E-state index contributed by atoms with van der Waals surface area (Å²) < 4.78 is 11.2. The van der Waals surface area contributed by atoms with Crippen molar-refractivity contribution in [1.82, 2.24) is 10.2 Å². The SMILES string of the molecule is CCOC(C)(C)CNC(C)CC1CCCN1C(=O)OC(C)(C)C. The third kappa shape index (κ3) is 7.53. The first-order valence-corrected chi connectivity index (χ1v) is 8.91. The standard InChI is InChI=1S/C18H36N2O3/c1-8-22-18(6,7)13-19-14(2)12-15-10-9-11-20(15)16(21)23-17(3,4)5/h14-15,19H,8-13H2,1-7H3. The van der Waals surface area contributed by atoms with Crippen molar-refractivity contribution in [3.63, 3.8) is 0 Å². The summed E-state index contributed by atoms with van der Waals surface area (Å²) in [6.45, 7) is 16.4. The summed E-state index contributed by atoms with van der Waals surface area (Å²) in [6, 6.07) is 0.602. The molecule has 1 heterocycles. The summed E-state index contributed by atoms with van der Waals surface area (Å²) in [5, 5.41) is 3.54. The average Bonchev–Trinajstić information content (AvgIpc) is 2.82. The molecule has 0 saturated carbocycles. The highest BCUT2D eigenvalue weighted by Crippen LogP contribution is 2.24. The van der Waals surface area contributed by atoms with Crippen molar-refractivity contribution in [2.45, 2.75) is 91.0 Å². The second kappa shape index (κ2) is 8.34. The maximum atomic E-state index is 12.3. The van der Waals surface area contributed by atoms with Gasteiger partial charge in [-0.3, -0.25) is 0 Å². The fraction of sp³-hybridized carbons (Fsp3) is 0.944. The highest BCUT2D eigenvalue weighted by molar-refractivity contribution is 5.68. The maximum absolute atomic E-state index is 12.3. The van der Waals surface area contributed by atoms with Gasteiger partial charge in [0, 0.05) is 31.8 Å². The van der Waals surface area contributed by atoms with Crippen LogP contribution in [0.4, 0.5) is 4.79 Å². The van der Waals surface area contributed by atoms with Gasteiger partial charge in [0.15, 0.2) is 0 Å². The molecule has 1 rings (SSSR count). The Morgan fingerprint density at radius 2 is 1.96 bits per heavy atom. The number of rotatable bonds is 7. The molecule has 1 aliphatic heterocycles. The third-order valence-corrected chi connectivity index (χ3v) is 4.04. The monoisotopic (exact) mass is 328 g/mol. The van der Waals surface area contributed by atoms with E-state index >= 15 is 0 Å². The van der Waals surface area contributed by atoms with E-state index in [0.717, 1.165) is 39.0 Å². The first-order valence-electron chi connectivity index (χ1n) is 8.91. The number of hydrogen-bond donors (Lipinski definition) is 1. The third-order valence-electron chi connectivity index (χ3n) is 4.04. The Bertz CT molecular complexity index is 377. The molecule has 23 heavy (non-hydrogen) atoms. The Morgan fingerprint density at radius 1 is 1.30 bits per heavy atom. The van der Waals surface area contributed by atoms with Crippen molar-refractivity contribution < 1.29 is 14.3 Å². The zero-order valence-corrected chi connectivity index (χ0v) is 16.1. The molecule has 0 aromatic carbocycles. The van der Waals surface area contributed by atoms with E-state index in [2.05, 4.69) is 26.1 Å². The zero-order chi connectivity index (χ0) is 17.7. The van der Waals surface area contributed by atoms with Crippen molar-refractivity contribution in [1.29, 1.82) is 0 Å². The molecule has 1 aliphatic rings. The molecule has 0 spiro atoms. The van der Waals surface area contributed by atoms with Crippen LogP contribution in [0.2, 0.25) is 0 Å². The molecule has 0 radical (unpaired) electrons. The Balaban J connectivity index is 2.47. The molecule has 1 amide bonds. The Hall–Kier alpha value is -0.810. The van der Waals surface area contributed by atoms with Gasteiger partial charge in [-0.05, 0) is 67.7 Å². The highest BCUT2D eigenvalue weighted by atomic mass is 16.6. The van der Waals surface area contributed by atoms with Gasteiger partial charge in [-0.25, -0.2) is 4.79 Å². The number of carbonyl (C=O) groups is 1. The summed E-state index contributed by atoms with van der Waals surface area (Å²) in [7, 11) is 0. The number of hydrogen-bond acceptors (Lipinski definition) is 4. The molecule has 1 N–H and O–H groups in total. The van der Waals surface area contributed by atoms with Crippen molar-refractivity contribution in [2.24, 2.45) is 0 Å². The summed E-state index contributed by atoms with van der Waals surface area (Å²) in [5.74, 6) is 0. The Morgan fingerprint density at radius 3 is 2.52 bits per heavy atom. The van der Waals surface area contributed by atoms with E-state index in [1.165, 1.54) is 0 Å². The fourth-order valence-electron chi connectivity index (χ4n) is 2.99. The molecule has 0 aromatic heterocycles. The van der Waals surface area contributed by atoms with Crippen LogP contribution >= 0.6 is 0 Å². The first-order chi connectivity index (χ1) is 10.5. The summed E-state index contributed by atoms with van der Waals surface area (Å²) in [5.41, 5.74) is -0.598. The van der Waals surface area contributed by atoms with Crippen LogP contribution in [0.15, 0.2) is 0 Å². The number of nitrogens with zero attached hydrogens (tertiary/aromatic N) is 1. The molecule has 5 heteroatoms. The van der Waals surface area contributed by atoms with Crippen LogP contribution < -0.4 is 5.32 Å². The van der Waals surface area contributed by atoms with Crippen LogP contribution in [0.3, 0.4) is 0 Å². The van der Waals surface area contributed by atoms with Crippen LogP contribution in [-0.2, 0) is 9.47 Å². The molecule has 136 valence electrons. The van der Waals surface area contributed by atoms with Crippen LogP contribution in [0.1, 0.15) is 67.7 Å². The number of carbonyl (C=O) groups excluding carboxylic acids is 1. The molecular formula is C18H36N2O3. The highest BCUT2D eigenvalue weighted by Gasteiger charge is 2.33. The van der Waals surface area contributed by atoms with Crippen molar-refractivity contribution in [3.8, 4) is 0 Å². The minimum atomic E-state index is -0.435. The predicted molar refractivity (Wildman–Crippen MR) is 93.7 cm³/mol. The molecule has 2 atom stereocenters. The predicted octanol–water partition coefficient (Wildman–Crippen LogP) is 3.57. The van der Waals surface area contributed by atoms with E-state index in [1.807, 2.05) is 32.6 Å². The quantitative estimate of drug-likeness (QED) is 0.776. The van der Waals surface area contributed by atoms with Gasteiger partial charge >= 0.3 is 6.09 Å². The number of amides is 1. The number of nitrogens with one attached hydrogen (secondary N) is 1. The lowest BCUT2D eigenvalue weighted by atomic mass is 10.0. The summed E-state index contributed by atoms with van der Waals surface area (Å²) in [4.78, 5) is 14.2. The van der Waals surface area contributed by atoms with Gasteiger partial charge in [0.2, 0.25) is 0 Å². The fourth-order valence-corrected chi connectivity index (χ4v) is 2.99. The van der Waals surface area contributed by atoms with Gasteiger partial charge in [-0.15, -0.1) is 0 Å². The molecular weight excluding hydrogens is 292 g/mol. The molecule has 5 nitrogen and oxygen atoms in total. The van der Waals surface area contributed by atoms with Crippen LogP contribution in [-0.4, -0.2) is 54.0 Å². The zero-order valence-electron chi connectivity index (χ0n) is 16.1. The van der Waals surface area contributed by atoms with E-state index in [9.17, 15) is 4.79 Å². The van der Waals surface area contributed by atoms with Crippen LogP contribution in [0.5, 0.6) is 0 Å². The lowest BCUT2D eigenvalue weighted by Gasteiger charge is -2.31. The van der Waals surface area contributed by atoms with E-state index in [4.69, 9.17) is 9.47 Å². The van der Waals surface area contributed by atoms with Gasteiger partial charge < -0.3 is 19.7 Å². The largest absolute Gasteiger partial charge is 0.444 e. The summed E-state index contributed by atoms with van der Waals surface area (Å²) in [6.07, 6.45) is 2.88. The Labute approximate surface area is 142 Å². The van der Waals surface area contributed by atoms with Crippen molar-refractivity contribution in [2.75, 3.05) is 19.7 Å². The van der Waals surface area contributed by atoms with Gasteiger partial charge in [-0.2, -0.15) is 0 Å². The molecule has 1 saturated heterocycles. The van der Waals surface area contributed by atoms with Gasteiger partial charge in [0.1, 0.15) is 5.60 Å². The minimum absolute atomic E-state index is 0.163. The second-order valence-corrected chi connectivity index (χ2v) is 8.18. The number of ether oxygens (including phenoxy) is 2. The van der Waals surface area contributed by atoms with Gasteiger partial charge in [-0.1, -0.05) is 0 Å². The average molecular weight is 328 g/mol. The lowest BCUT2D eigenvalue weighted by Crippen LogP contribution is -2.45. The van der Waals surface area contributed by atoms with E-state index < -0.39 is 5.60 Å². The molecule has 0 bridgehead atoms. The minimum Gasteiger partial charge on any atom is -0.444 e. The van der Waals surface area contributed by atoms with Crippen LogP contribution in [0.25, 0.3) is 0 Å². The topological polar surface area (TPSA) is 50.8 Å². The van der Waals surface area contributed by atoms with Crippen LogP contribution in [0, 0.1) is 0 Å². The molecule has 0 aliphatic carbocycles. The Kier molecular flexibility index (Phi) is 7.33. The molecule has 0 aromatic rings. The maximum Gasteiger partial charge on any atom is 0.410 e. The van der Waals surface area contributed by atoms with E-state index in [1.54, 1.807) is 0 Å². The number of likely N-dealkylation sites (tertiary alicyclic amines) is 1. The molecule has 2 unspecified atom stereocenters. The van der Waals surface area contributed by atoms with E-state index in [-0.39, 0.29) is 17.7 Å². The normalized spacial score (nSPS) is 20.7. The second-order valence-electron chi connectivity index (χ2n) is 8.18. The van der Waals surface area contributed by atoms with Gasteiger partial charge in [0.25, 0.3) is 0 Å². The smallest absolute Gasteiger partial charge is 0.410 e. The van der Waals surface area contributed by atoms with Crippen molar-refractivity contribution in [3.05, 3.63) is 0 Å². The van der Waals surface area contributed by atoms with Gasteiger partial charge in [0.05, 0.1) is 5.60 Å². The lowest BCUT2D eigenvalue weighted by molar-refractivity contribution is -0.0112. The summed E-state index contributed by atoms with van der Waals surface area (Å²) >= 11 is 0. The first kappa shape index (κ1) is 20.2. The van der Waals surface area contributed by atoms with E-state index in [0.29, 0.717) is 6.04 Å². The van der Waals surface area contributed by atoms with Crippen molar-refractivity contribution >= 4 is 6.09 Å². The molecule has 1 fully saturated rings.